The van der Waals surface area contributed by atoms with E-state index >= 15 is 0 Å². The second-order valence-electron chi connectivity index (χ2n) is 1.97. The topological polar surface area (TPSA) is 83.5 Å². The fraction of sp³-hybridized carbons (Fsp3) is 0.500. The number of hydrogen-bond acceptors (Lipinski definition) is 5. The first-order valence-corrected chi connectivity index (χ1v) is 4.77. The first-order valence-electron chi connectivity index (χ1n) is 3.20. The Morgan fingerprint density at radius 2 is 2.08 bits per heavy atom. The molecular formula is C6H9KO5S. The molecule has 0 rings (SSSR count). The molecule has 0 aliphatic carbocycles. The summed E-state index contributed by atoms with van der Waals surface area (Å²) in [4.78, 5) is 10.6. The fourth-order valence-corrected chi connectivity index (χ4v) is 0.828. The van der Waals surface area contributed by atoms with Crippen LogP contribution in [0.4, 0.5) is 0 Å². The van der Waals surface area contributed by atoms with Crippen LogP contribution in [0.5, 0.6) is 0 Å². The minimum absolute atomic E-state index is 0. The molecule has 0 atom stereocenters. The summed E-state index contributed by atoms with van der Waals surface area (Å²) in [5.74, 6) is -1.45. The molecule has 13 heavy (non-hydrogen) atoms. The quantitative estimate of drug-likeness (QED) is 0.223. The normalized spacial score (nSPS) is 10.9. The summed E-state index contributed by atoms with van der Waals surface area (Å²) in [6.45, 7) is 1.64. The summed E-state index contributed by atoms with van der Waals surface area (Å²) < 4.78 is 34.4. The van der Waals surface area contributed by atoms with Crippen molar-refractivity contribution in [2.24, 2.45) is 0 Å². The van der Waals surface area contributed by atoms with Gasteiger partial charge >= 0.3 is 57.4 Å². The van der Waals surface area contributed by atoms with E-state index in [9.17, 15) is 17.8 Å². The van der Waals surface area contributed by atoms with Crippen LogP contribution in [0.15, 0.2) is 12.3 Å². The molecule has 0 bridgehead atoms. The van der Waals surface area contributed by atoms with E-state index < -0.39 is 28.3 Å². The smallest absolute Gasteiger partial charge is 0.748 e. The average Bonchev–Trinajstić information content (AvgIpc) is 1.95. The van der Waals surface area contributed by atoms with E-state index in [0.717, 1.165) is 6.26 Å². The molecule has 0 aliphatic heterocycles. The van der Waals surface area contributed by atoms with Gasteiger partial charge in [-0.3, -0.25) is 4.79 Å². The summed E-state index contributed by atoms with van der Waals surface area (Å²) in [5.41, 5.74) is 0. The monoisotopic (exact) mass is 232 g/mol. The minimum atomic E-state index is -4.32. The molecule has 0 amide bonds. The molecule has 0 saturated heterocycles. The van der Waals surface area contributed by atoms with Crippen LogP contribution in [0.2, 0.25) is 0 Å². The molecule has 0 saturated carbocycles. The molecule has 0 spiro atoms. The van der Waals surface area contributed by atoms with E-state index in [-0.39, 0.29) is 51.4 Å². The van der Waals surface area contributed by atoms with Gasteiger partial charge in [0.05, 0.1) is 22.8 Å². The zero-order valence-electron chi connectivity index (χ0n) is 7.52. The molecule has 0 radical (unpaired) electrons. The van der Waals surface area contributed by atoms with Gasteiger partial charge in [-0.25, -0.2) is 8.42 Å². The molecule has 0 fully saturated rings. The van der Waals surface area contributed by atoms with E-state index in [0.29, 0.717) is 0 Å². The van der Waals surface area contributed by atoms with E-state index in [4.69, 9.17) is 0 Å². The van der Waals surface area contributed by atoms with Gasteiger partial charge in [0, 0.05) is 5.75 Å². The number of allylic oxidation sites excluding steroid dienone is 1. The van der Waals surface area contributed by atoms with Crippen molar-refractivity contribution in [1.82, 2.24) is 0 Å². The van der Waals surface area contributed by atoms with Gasteiger partial charge in [0.15, 0.2) is 0 Å². The van der Waals surface area contributed by atoms with Crippen LogP contribution in [0, 0.1) is 0 Å². The predicted octanol–water partition coefficient (Wildman–Crippen LogP) is -3.00. The van der Waals surface area contributed by atoms with Crippen molar-refractivity contribution in [2.75, 3.05) is 5.75 Å². The molecule has 7 heteroatoms. The number of ether oxygens (including phenoxy) is 1. The molecule has 5 nitrogen and oxygen atoms in total. The largest absolute Gasteiger partial charge is 1.00 e. The van der Waals surface area contributed by atoms with Crippen molar-refractivity contribution < 1.29 is 73.9 Å². The number of carbonyl (C=O) groups excluding carboxylic acids is 1. The maximum atomic E-state index is 10.6. The predicted molar refractivity (Wildman–Crippen MR) is 40.1 cm³/mol. The van der Waals surface area contributed by atoms with Crippen LogP contribution in [0.25, 0.3) is 0 Å². The maximum absolute atomic E-state index is 10.6. The third-order valence-corrected chi connectivity index (χ3v) is 1.60. The van der Waals surface area contributed by atoms with Crippen LogP contribution in [-0.2, 0) is 19.6 Å². The molecule has 70 valence electrons. The molecule has 0 aromatic carbocycles. The third kappa shape index (κ3) is 12.8. The molecule has 0 aromatic heterocycles. The van der Waals surface area contributed by atoms with Crippen molar-refractivity contribution >= 4 is 16.1 Å². The van der Waals surface area contributed by atoms with Crippen LogP contribution in [0.1, 0.15) is 13.3 Å². The summed E-state index contributed by atoms with van der Waals surface area (Å²) in [7, 11) is -4.32. The number of hydrogen-bond donors (Lipinski definition) is 0. The van der Waals surface area contributed by atoms with Crippen LogP contribution >= 0.6 is 0 Å². The van der Waals surface area contributed by atoms with Crippen LogP contribution in [-0.4, -0.2) is 24.7 Å². The van der Waals surface area contributed by atoms with Crippen molar-refractivity contribution in [3.8, 4) is 0 Å². The Balaban J connectivity index is 0. The Morgan fingerprint density at radius 1 is 1.54 bits per heavy atom. The van der Waals surface area contributed by atoms with E-state index in [1.165, 1.54) is 6.08 Å². The third-order valence-electron chi connectivity index (χ3n) is 0.892. The van der Waals surface area contributed by atoms with Gasteiger partial charge in [-0.05, 0) is 6.92 Å². The Kier molecular flexibility index (Phi) is 10.1. The summed E-state index contributed by atoms with van der Waals surface area (Å²) in [6.07, 6.45) is 2.19. The van der Waals surface area contributed by atoms with Crippen LogP contribution in [0.3, 0.4) is 0 Å². The van der Waals surface area contributed by atoms with Crippen molar-refractivity contribution in [1.29, 1.82) is 0 Å². The fourth-order valence-electron chi connectivity index (χ4n) is 0.411. The Labute approximate surface area is 120 Å². The van der Waals surface area contributed by atoms with E-state index in [1.807, 2.05) is 0 Å². The van der Waals surface area contributed by atoms with Gasteiger partial charge in [0.25, 0.3) is 0 Å². The van der Waals surface area contributed by atoms with Gasteiger partial charge in [0.1, 0.15) is 0 Å². The second-order valence-corrected chi connectivity index (χ2v) is 3.49. The average molecular weight is 232 g/mol. The van der Waals surface area contributed by atoms with Gasteiger partial charge in [-0.1, -0.05) is 6.08 Å². The molecule has 0 aliphatic rings. The second kappa shape index (κ2) is 8.10. The van der Waals surface area contributed by atoms with Crippen molar-refractivity contribution in [3.63, 3.8) is 0 Å². The zero-order valence-corrected chi connectivity index (χ0v) is 11.5. The maximum Gasteiger partial charge on any atom is 1.00 e. The first kappa shape index (κ1) is 16.2. The van der Waals surface area contributed by atoms with Gasteiger partial charge in [-0.15, -0.1) is 0 Å². The first-order chi connectivity index (χ1) is 5.45. The number of esters is 1. The summed E-state index contributed by atoms with van der Waals surface area (Å²) in [5, 5.41) is 0. The molecule has 0 heterocycles. The Hall–Kier alpha value is 0.756. The SMILES string of the molecule is C/C=C/OC(=O)CCS(=O)(=O)[O-].[K+]. The van der Waals surface area contributed by atoms with Gasteiger partial charge in [0.2, 0.25) is 0 Å². The number of rotatable bonds is 4. The molecular weight excluding hydrogens is 223 g/mol. The molecule has 0 aromatic rings. The summed E-state index contributed by atoms with van der Waals surface area (Å²) in [6, 6.07) is 0. The number of carbonyl (C=O) groups is 1. The van der Waals surface area contributed by atoms with Crippen molar-refractivity contribution in [2.45, 2.75) is 13.3 Å². The molecule has 0 unspecified atom stereocenters. The Bertz CT molecular complexity index is 269. The standard InChI is InChI=1S/C6H10O5S.K/c1-2-4-11-6(7)3-5-12(8,9)10;/h2,4H,3,5H2,1H3,(H,8,9,10);/q;+1/p-1/b4-2+;. The van der Waals surface area contributed by atoms with Crippen LogP contribution < -0.4 is 51.4 Å². The summed E-state index contributed by atoms with van der Waals surface area (Å²) >= 11 is 0. The Morgan fingerprint density at radius 3 is 2.46 bits per heavy atom. The van der Waals surface area contributed by atoms with E-state index in [1.54, 1.807) is 6.92 Å². The van der Waals surface area contributed by atoms with Crippen molar-refractivity contribution in [3.05, 3.63) is 12.3 Å². The van der Waals surface area contributed by atoms with Gasteiger partial charge < -0.3 is 9.29 Å². The van der Waals surface area contributed by atoms with E-state index in [2.05, 4.69) is 4.74 Å². The zero-order chi connectivity index (χ0) is 9.61. The molecule has 0 N–H and O–H groups in total. The minimum Gasteiger partial charge on any atom is -0.748 e. The van der Waals surface area contributed by atoms with Gasteiger partial charge in [-0.2, -0.15) is 0 Å².